The van der Waals surface area contributed by atoms with Crippen LogP contribution in [-0.2, 0) is 24.2 Å². The second-order valence-electron chi connectivity index (χ2n) is 7.02. The molecule has 0 unspecified atom stereocenters. The molecular formula is C23H28N2O3. The van der Waals surface area contributed by atoms with Gasteiger partial charge in [-0.1, -0.05) is 18.2 Å². The highest BCUT2D eigenvalue weighted by Gasteiger charge is 2.13. The molecule has 1 aliphatic carbocycles. The Bertz CT molecular complexity index is 826. The van der Waals surface area contributed by atoms with Crippen LogP contribution in [0.5, 0.6) is 5.75 Å². The number of carbonyl (C=O) groups excluding carboxylic acids is 2. The van der Waals surface area contributed by atoms with Gasteiger partial charge in [0.2, 0.25) is 0 Å². The number of benzene rings is 2. The zero-order valence-corrected chi connectivity index (χ0v) is 16.7. The summed E-state index contributed by atoms with van der Waals surface area (Å²) >= 11 is 0. The molecule has 5 heteroatoms. The molecule has 2 amide bonds. The summed E-state index contributed by atoms with van der Waals surface area (Å²) in [7, 11) is 0. The summed E-state index contributed by atoms with van der Waals surface area (Å²) in [6, 6.07) is 13.4. The van der Waals surface area contributed by atoms with Crippen LogP contribution in [0.4, 0.5) is 0 Å². The van der Waals surface area contributed by atoms with Crippen molar-refractivity contribution in [2.75, 3.05) is 19.7 Å². The molecule has 148 valence electrons. The molecule has 2 aromatic carbocycles. The van der Waals surface area contributed by atoms with Crippen LogP contribution in [-0.4, -0.2) is 36.4 Å². The van der Waals surface area contributed by atoms with Crippen molar-refractivity contribution >= 4 is 11.8 Å². The van der Waals surface area contributed by atoms with E-state index in [4.69, 9.17) is 4.74 Å². The van der Waals surface area contributed by atoms with Crippen LogP contribution < -0.4 is 10.1 Å². The monoisotopic (exact) mass is 380 g/mol. The predicted molar refractivity (Wildman–Crippen MR) is 110 cm³/mol. The van der Waals surface area contributed by atoms with Crippen molar-refractivity contribution < 1.29 is 14.3 Å². The molecular weight excluding hydrogens is 352 g/mol. The maximum atomic E-state index is 12.3. The summed E-state index contributed by atoms with van der Waals surface area (Å²) in [5.74, 6) is 0.613. The number of hydrogen-bond acceptors (Lipinski definition) is 3. The molecule has 0 aromatic heterocycles. The van der Waals surface area contributed by atoms with Gasteiger partial charge in [-0.25, -0.2) is 0 Å². The van der Waals surface area contributed by atoms with Gasteiger partial charge in [0.05, 0.1) is 0 Å². The van der Waals surface area contributed by atoms with Gasteiger partial charge in [-0.3, -0.25) is 9.59 Å². The SMILES string of the molecule is CCN(CC)C(=O)c1ccc(CNC(=O)COc2ccc3c(c2)CCC3)cc1. The summed E-state index contributed by atoms with van der Waals surface area (Å²) < 4.78 is 5.62. The highest BCUT2D eigenvalue weighted by Crippen LogP contribution is 2.25. The summed E-state index contributed by atoms with van der Waals surface area (Å²) in [5, 5.41) is 2.86. The van der Waals surface area contributed by atoms with Crippen LogP contribution in [0.25, 0.3) is 0 Å². The first-order valence-corrected chi connectivity index (χ1v) is 10.00. The summed E-state index contributed by atoms with van der Waals surface area (Å²) in [4.78, 5) is 26.2. The Morgan fingerprint density at radius 3 is 2.43 bits per heavy atom. The van der Waals surface area contributed by atoms with E-state index in [9.17, 15) is 9.59 Å². The molecule has 28 heavy (non-hydrogen) atoms. The third-order valence-corrected chi connectivity index (χ3v) is 5.18. The van der Waals surface area contributed by atoms with Gasteiger partial charge in [0.15, 0.2) is 6.61 Å². The average Bonchev–Trinajstić information content (AvgIpc) is 3.19. The van der Waals surface area contributed by atoms with Crippen molar-refractivity contribution in [2.45, 2.75) is 39.7 Å². The van der Waals surface area contributed by atoms with Crippen LogP contribution in [0.3, 0.4) is 0 Å². The first kappa shape index (κ1) is 19.9. The molecule has 5 nitrogen and oxygen atoms in total. The van der Waals surface area contributed by atoms with Gasteiger partial charge in [0.1, 0.15) is 5.75 Å². The Labute approximate surface area is 166 Å². The molecule has 0 atom stereocenters. The van der Waals surface area contributed by atoms with Crippen molar-refractivity contribution in [2.24, 2.45) is 0 Å². The predicted octanol–water partition coefficient (Wildman–Crippen LogP) is 3.35. The minimum absolute atomic E-state index is 0.00266. The van der Waals surface area contributed by atoms with E-state index in [1.807, 2.05) is 50.2 Å². The van der Waals surface area contributed by atoms with Gasteiger partial charge in [0, 0.05) is 25.2 Å². The second kappa shape index (κ2) is 9.40. The van der Waals surface area contributed by atoms with Crippen molar-refractivity contribution in [3.05, 3.63) is 64.7 Å². The maximum absolute atomic E-state index is 12.3. The largest absolute Gasteiger partial charge is 0.484 e. The molecule has 1 N–H and O–H groups in total. The molecule has 0 heterocycles. The Hall–Kier alpha value is -2.82. The minimum Gasteiger partial charge on any atom is -0.484 e. The normalized spacial score (nSPS) is 12.4. The highest BCUT2D eigenvalue weighted by molar-refractivity contribution is 5.94. The molecule has 0 fully saturated rings. The summed E-state index contributed by atoms with van der Waals surface area (Å²) in [6.07, 6.45) is 3.42. The number of aryl methyl sites for hydroxylation is 2. The lowest BCUT2D eigenvalue weighted by Crippen LogP contribution is -2.30. The Balaban J connectivity index is 1.46. The molecule has 2 aromatic rings. The van der Waals surface area contributed by atoms with E-state index >= 15 is 0 Å². The molecule has 0 aliphatic heterocycles. The van der Waals surface area contributed by atoms with E-state index < -0.39 is 0 Å². The Kier molecular flexibility index (Phi) is 6.69. The van der Waals surface area contributed by atoms with Crippen molar-refractivity contribution in [1.29, 1.82) is 0 Å². The Morgan fingerprint density at radius 1 is 1.00 bits per heavy atom. The summed E-state index contributed by atoms with van der Waals surface area (Å²) in [6.45, 7) is 5.73. The standard InChI is InChI=1S/C23H28N2O3/c1-3-25(4-2)23(27)19-10-8-17(9-11-19)15-24-22(26)16-28-21-13-12-18-6-5-7-20(18)14-21/h8-14H,3-7,15-16H2,1-2H3,(H,24,26). The number of ether oxygens (including phenoxy) is 1. The van der Waals surface area contributed by atoms with Crippen LogP contribution in [0.15, 0.2) is 42.5 Å². The van der Waals surface area contributed by atoms with Gasteiger partial charge in [-0.05, 0) is 74.1 Å². The molecule has 1 aliphatic rings. The lowest BCUT2D eigenvalue weighted by Gasteiger charge is -2.18. The van der Waals surface area contributed by atoms with Gasteiger partial charge < -0.3 is 15.0 Å². The van der Waals surface area contributed by atoms with Crippen molar-refractivity contribution in [3.63, 3.8) is 0 Å². The lowest BCUT2D eigenvalue weighted by molar-refractivity contribution is -0.123. The van der Waals surface area contributed by atoms with E-state index in [0.717, 1.165) is 24.2 Å². The van der Waals surface area contributed by atoms with Gasteiger partial charge in [-0.2, -0.15) is 0 Å². The smallest absolute Gasteiger partial charge is 0.258 e. The molecule has 0 bridgehead atoms. The molecule has 0 radical (unpaired) electrons. The van der Waals surface area contributed by atoms with Crippen LogP contribution in [0, 0.1) is 0 Å². The molecule has 0 saturated carbocycles. The van der Waals surface area contributed by atoms with E-state index in [1.54, 1.807) is 4.90 Å². The maximum Gasteiger partial charge on any atom is 0.258 e. The Morgan fingerprint density at radius 2 is 1.71 bits per heavy atom. The van der Waals surface area contributed by atoms with E-state index in [-0.39, 0.29) is 18.4 Å². The van der Waals surface area contributed by atoms with Crippen molar-refractivity contribution in [3.8, 4) is 5.75 Å². The highest BCUT2D eigenvalue weighted by atomic mass is 16.5. The third-order valence-electron chi connectivity index (χ3n) is 5.18. The average molecular weight is 380 g/mol. The number of rotatable bonds is 8. The zero-order chi connectivity index (χ0) is 19.9. The van der Waals surface area contributed by atoms with Crippen LogP contribution in [0.1, 0.15) is 47.3 Å². The first-order chi connectivity index (χ1) is 13.6. The fraction of sp³-hybridized carbons (Fsp3) is 0.391. The second-order valence-corrected chi connectivity index (χ2v) is 7.02. The molecule has 3 rings (SSSR count). The third kappa shape index (κ3) is 4.91. The lowest BCUT2D eigenvalue weighted by atomic mass is 10.1. The fourth-order valence-electron chi connectivity index (χ4n) is 3.50. The van der Waals surface area contributed by atoms with E-state index in [1.165, 1.54) is 17.5 Å². The topological polar surface area (TPSA) is 58.6 Å². The van der Waals surface area contributed by atoms with Gasteiger partial charge in [-0.15, -0.1) is 0 Å². The fourth-order valence-corrected chi connectivity index (χ4v) is 3.50. The first-order valence-electron chi connectivity index (χ1n) is 10.00. The van der Waals surface area contributed by atoms with Gasteiger partial charge in [0.25, 0.3) is 11.8 Å². The minimum atomic E-state index is -0.163. The van der Waals surface area contributed by atoms with Crippen LogP contribution >= 0.6 is 0 Å². The number of nitrogens with one attached hydrogen (secondary N) is 1. The zero-order valence-electron chi connectivity index (χ0n) is 16.7. The molecule has 0 saturated heterocycles. The van der Waals surface area contributed by atoms with E-state index in [0.29, 0.717) is 25.2 Å². The number of fused-ring (bicyclic) bond motifs is 1. The van der Waals surface area contributed by atoms with Gasteiger partial charge >= 0.3 is 0 Å². The number of nitrogens with zero attached hydrogens (tertiary/aromatic N) is 1. The number of hydrogen-bond donors (Lipinski definition) is 1. The number of amides is 2. The molecule has 0 spiro atoms. The quantitative estimate of drug-likeness (QED) is 0.764. The number of carbonyl (C=O) groups is 2. The van der Waals surface area contributed by atoms with Crippen molar-refractivity contribution in [1.82, 2.24) is 10.2 Å². The summed E-state index contributed by atoms with van der Waals surface area (Å²) in [5.41, 5.74) is 4.33. The van der Waals surface area contributed by atoms with Crippen LogP contribution in [0.2, 0.25) is 0 Å². The van der Waals surface area contributed by atoms with E-state index in [2.05, 4.69) is 11.4 Å².